The van der Waals surface area contributed by atoms with Crippen molar-refractivity contribution in [3.63, 3.8) is 0 Å². The summed E-state index contributed by atoms with van der Waals surface area (Å²) < 4.78 is 0. The Hall–Kier alpha value is -1.01. The number of hydrogen-bond donors (Lipinski definition) is 0. The highest BCUT2D eigenvalue weighted by Crippen LogP contribution is 2.22. The first-order valence-electron chi connectivity index (χ1n) is 3.72. The highest BCUT2D eigenvalue weighted by molar-refractivity contribution is 7.99. The molecular weight excluding hydrogens is 168 g/mol. The van der Waals surface area contributed by atoms with Crippen LogP contribution in [-0.4, -0.2) is 10.2 Å². The lowest BCUT2D eigenvalue weighted by Crippen LogP contribution is -1.87. The molecule has 0 radical (unpaired) electrons. The van der Waals surface area contributed by atoms with Gasteiger partial charge in [0.05, 0.1) is 11.6 Å². The first kappa shape index (κ1) is 9.08. The van der Waals surface area contributed by atoms with E-state index in [2.05, 4.69) is 23.7 Å². The fourth-order valence-electron chi connectivity index (χ4n) is 0.750. The van der Waals surface area contributed by atoms with Gasteiger partial charge in [-0.25, -0.2) is 4.85 Å². The Morgan fingerprint density at radius 3 is 2.67 bits per heavy atom. The van der Waals surface area contributed by atoms with Gasteiger partial charge in [0.1, 0.15) is 0 Å². The van der Waals surface area contributed by atoms with E-state index in [0.717, 1.165) is 5.03 Å². The molecule has 62 valence electrons. The zero-order valence-corrected chi connectivity index (χ0v) is 7.93. The monoisotopic (exact) mass is 178 g/mol. The molecule has 0 aromatic carbocycles. The van der Waals surface area contributed by atoms with Gasteiger partial charge in [0, 0.05) is 11.4 Å². The van der Waals surface area contributed by atoms with Crippen molar-refractivity contribution in [2.75, 3.05) is 0 Å². The molecule has 0 aliphatic carbocycles. The second-order valence-electron chi connectivity index (χ2n) is 2.63. The Kier molecular flexibility index (Phi) is 3.12. The van der Waals surface area contributed by atoms with Gasteiger partial charge in [-0.15, -0.1) is 11.8 Å². The minimum atomic E-state index is 0.538. The van der Waals surface area contributed by atoms with Crippen LogP contribution >= 0.6 is 11.8 Å². The Bertz CT molecular complexity index is 284. The van der Waals surface area contributed by atoms with E-state index in [-0.39, 0.29) is 0 Å². The molecule has 1 heterocycles. The molecule has 0 unspecified atom stereocenters. The van der Waals surface area contributed by atoms with Crippen LogP contribution in [0.25, 0.3) is 4.85 Å². The van der Waals surface area contributed by atoms with E-state index in [1.807, 2.05) is 6.07 Å². The second-order valence-corrected chi connectivity index (χ2v) is 4.23. The topological polar surface area (TPSA) is 17.2 Å². The van der Waals surface area contributed by atoms with Crippen LogP contribution in [0.15, 0.2) is 23.4 Å². The molecule has 1 aromatic rings. The predicted molar refractivity (Wildman–Crippen MR) is 51.5 cm³/mol. The molecule has 0 bridgehead atoms. The normalized spacial score (nSPS) is 9.83. The molecule has 0 saturated carbocycles. The highest BCUT2D eigenvalue weighted by Gasteiger charge is 1.98. The molecule has 0 amide bonds. The van der Waals surface area contributed by atoms with Gasteiger partial charge in [-0.3, -0.25) is 4.98 Å². The average Bonchev–Trinajstić information content (AvgIpc) is 2.05. The summed E-state index contributed by atoms with van der Waals surface area (Å²) in [7, 11) is 0. The van der Waals surface area contributed by atoms with Crippen molar-refractivity contribution >= 4 is 17.4 Å². The van der Waals surface area contributed by atoms with Crippen LogP contribution in [0.5, 0.6) is 0 Å². The number of thioether (sulfide) groups is 1. The lowest BCUT2D eigenvalue weighted by molar-refractivity contribution is 1.07. The molecule has 0 N–H and O–H groups in total. The van der Waals surface area contributed by atoms with Crippen molar-refractivity contribution in [1.82, 2.24) is 4.98 Å². The van der Waals surface area contributed by atoms with Crippen molar-refractivity contribution in [3.8, 4) is 0 Å². The Morgan fingerprint density at radius 2 is 2.25 bits per heavy atom. The first-order valence-corrected chi connectivity index (χ1v) is 4.60. The van der Waals surface area contributed by atoms with Crippen LogP contribution in [0.2, 0.25) is 0 Å². The molecule has 0 saturated heterocycles. The summed E-state index contributed by atoms with van der Waals surface area (Å²) in [5.74, 6) is 0. The zero-order chi connectivity index (χ0) is 8.97. The molecule has 0 spiro atoms. The highest BCUT2D eigenvalue weighted by atomic mass is 32.2. The van der Waals surface area contributed by atoms with Gasteiger partial charge >= 0.3 is 0 Å². The molecule has 1 rings (SSSR count). The van der Waals surface area contributed by atoms with Crippen molar-refractivity contribution in [2.24, 2.45) is 0 Å². The van der Waals surface area contributed by atoms with E-state index < -0.39 is 0 Å². The van der Waals surface area contributed by atoms with Gasteiger partial charge in [0.25, 0.3) is 0 Å². The summed E-state index contributed by atoms with van der Waals surface area (Å²) in [6.45, 7) is 11.0. The van der Waals surface area contributed by atoms with E-state index in [1.54, 1.807) is 24.0 Å². The summed E-state index contributed by atoms with van der Waals surface area (Å²) in [6.07, 6.45) is 1.61. The SMILES string of the molecule is [C-]#[N+]c1ccc(SC(C)C)nc1. The van der Waals surface area contributed by atoms with Crippen LogP contribution in [0.4, 0.5) is 5.69 Å². The third-order valence-electron chi connectivity index (χ3n) is 1.21. The fraction of sp³-hybridized carbons (Fsp3) is 0.333. The van der Waals surface area contributed by atoms with Gasteiger partial charge in [-0.1, -0.05) is 19.9 Å². The van der Waals surface area contributed by atoms with E-state index in [9.17, 15) is 0 Å². The third kappa shape index (κ3) is 2.55. The van der Waals surface area contributed by atoms with Crippen molar-refractivity contribution in [1.29, 1.82) is 0 Å². The number of hydrogen-bond acceptors (Lipinski definition) is 2. The molecule has 1 aromatic heterocycles. The molecule has 0 atom stereocenters. The van der Waals surface area contributed by atoms with E-state index >= 15 is 0 Å². The fourth-order valence-corrected chi connectivity index (χ4v) is 1.49. The van der Waals surface area contributed by atoms with Gasteiger partial charge in [-0.05, 0) is 6.07 Å². The number of nitrogens with zero attached hydrogens (tertiary/aromatic N) is 2. The summed E-state index contributed by atoms with van der Waals surface area (Å²) in [5.41, 5.74) is 0.600. The molecule has 12 heavy (non-hydrogen) atoms. The summed E-state index contributed by atoms with van der Waals surface area (Å²) in [5, 5.41) is 1.52. The maximum atomic E-state index is 6.73. The lowest BCUT2D eigenvalue weighted by Gasteiger charge is -2.02. The molecule has 0 fully saturated rings. The zero-order valence-electron chi connectivity index (χ0n) is 7.11. The van der Waals surface area contributed by atoms with Crippen molar-refractivity contribution in [3.05, 3.63) is 29.7 Å². The minimum Gasteiger partial charge on any atom is -0.262 e. The average molecular weight is 178 g/mol. The molecule has 3 heteroatoms. The molecular formula is C9H10N2S. The van der Waals surface area contributed by atoms with Gasteiger partial charge in [-0.2, -0.15) is 0 Å². The van der Waals surface area contributed by atoms with Crippen LogP contribution in [0.3, 0.4) is 0 Å². The maximum absolute atomic E-state index is 6.73. The summed E-state index contributed by atoms with van der Waals surface area (Å²) in [4.78, 5) is 7.41. The summed E-state index contributed by atoms with van der Waals surface area (Å²) in [6, 6.07) is 3.68. The number of rotatable bonds is 2. The Labute approximate surface area is 76.8 Å². The van der Waals surface area contributed by atoms with E-state index in [1.165, 1.54) is 0 Å². The van der Waals surface area contributed by atoms with E-state index in [4.69, 9.17) is 6.57 Å². The molecule has 0 aliphatic heterocycles. The van der Waals surface area contributed by atoms with Crippen LogP contribution < -0.4 is 0 Å². The second kappa shape index (κ2) is 4.13. The van der Waals surface area contributed by atoms with Crippen molar-refractivity contribution in [2.45, 2.75) is 24.1 Å². The van der Waals surface area contributed by atoms with Gasteiger partial charge in [0.15, 0.2) is 0 Å². The maximum Gasteiger partial charge on any atom is 0.205 e. The van der Waals surface area contributed by atoms with Crippen LogP contribution in [-0.2, 0) is 0 Å². The van der Waals surface area contributed by atoms with Crippen LogP contribution in [0, 0.1) is 6.57 Å². The predicted octanol–water partition coefficient (Wildman–Crippen LogP) is 3.13. The van der Waals surface area contributed by atoms with Gasteiger partial charge < -0.3 is 0 Å². The largest absolute Gasteiger partial charge is 0.262 e. The minimum absolute atomic E-state index is 0.538. The van der Waals surface area contributed by atoms with E-state index in [0.29, 0.717) is 10.9 Å². The quantitative estimate of drug-likeness (QED) is 0.511. The lowest BCUT2D eigenvalue weighted by atomic mass is 10.4. The molecule has 2 nitrogen and oxygen atoms in total. The smallest absolute Gasteiger partial charge is 0.205 e. The van der Waals surface area contributed by atoms with Crippen molar-refractivity contribution < 1.29 is 0 Å². The van der Waals surface area contributed by atoms with Gasteiger partial charge in [0.2, 0.25) is 5.69 Å². The molecule has 0 aliphatic rings. The van der Waals surface area contributed by atoms with Crippen LogP contribution in [0.1, 0.15) is 13.8 Å². The standard InChI is InChI=1S/C9H10N2S/c1-7(2)12-9-5-4-8(10-3)6-11-9/h4-7H,1-2H3. The first-order chi connectivity index (χ1) is 5.72. The number of pyridine rings is 1. The Morgan fingerprint density at radius 1 is 1.50 bits per heavy atom. The Balaban J connectivity index is 2.73. The number of aromatic nitrogens is 1. The third-order valence-corrected chi connectivity index (χ3v) is 2.16. The summed E-state index contributed by atoms with van der Waals surface area (Å²) >= 11 is 1.70.